The number of fused-ring (bicyclic) bond motifs is 1. The molecule has 3 aromatic rings. The highest BCUT2D eigenvalue weighted by Crippen LogP contribution is 2.35. The summed E-state index contributed by atoms with van der Waals surface area (Å²) in [6.45, 7) is 10.6. The van der Waals surface area contributed by atoms with Crippen LogP contribution in [0.15, 0.2) is 72.8 Å². The van der Waals surface area contributed by atoms with Gasteiger partial charge in [0, 0.05) is 30.1 Å². The lowest BCUT2D eigenvalue weighted by molar-refractivity contribution is -0.140. The Labute approximate surface area is 244 Å². The number of ether oxygens (including phenoxy) is 1. The second-order valence-corrected chi connectivity index (χ2v) is 11.6. The Balaban J connectivity index is 1.54. The minimum absolute atomic E-state index is 0.0540. The van der Waals surface area contributed by atoms with Crippen molar-refractivity contribution in [3.63, 3.8) is 0 Å². The van der Waals surface area contributed by atoms with Gasteiger partial charge < -0.3 is 9.64 Å². The lowest BCUT2D eigenvalue weighted by atomic mass is 9.88. The zero-order valence-electron chi connectivity index (χ0n) is 24.1. The van der Waals surface area contributed by atoms with Crippen molar-refractivity contribution in [2.45, 2.75) is 78.1 Å². The molecule has 0 saturated carbocycles. The summed E-state index contributed by atoms with van der Waals surface area (Å²) in [5.74, 6) is 0.810. The monoisotopic (exact) mass is 560 g/mol. The minimum Gasteiger partial charge on any atom is -0.489 e. The maximum Gasteiger partial charge on any atom is 0.227 e. The molecule has 0 radical (unpaired) electrons. The molecule has 0 N–H and O–H groups in total. The van der Waals surface area contributed by atoms with Crippen molar-refractivity contribution in [3.8, 4) is 5.75 Å². The average Bonchev–Trinajstić information content (AvgIpc) is 2.93. The first-order chi connectivity index (χ1) is 19.2. The summed E-state index contributed by atoms with van der Waals surface area (Å²) in [5, 5.41) is 0.602. The van der Waals surface area contributed by atoms with Crippen molar-refractivity contribution < 1.29 is 14.3 Å². The molecule has 1 atom stereocenters. The largest absolute Gasteiger partial charge is 0.489 e. The summed E-state index contributed by atoms with van der Waals surface area (Å²) < 4.78 is 6.07. The van der Waals surface area contributed by atoms with Crippen LogP contribution in [0.3, 0.4) is 0 Å². The van der Waals surface area contributed by atoms with Crippen LogP contribution in [-0.4, -0.2) is 46.7 Å². The number of hydrogen-bond acceptors (Lipinski definition) is 4. The van der Waals surface area contributed by atoms with Gasteiger partial charge in [0.15, 0.2) is 5.78 Å². The highest BCUT2D eigenvalue weighted by molar-refractivity contribution is 6.30. The fourth-order valence-corrected chi connectivity index (χ4v) is 5.87. The SMILES string of the molecule is CC(C)N(CCCC(=O)C1c2ccc(OCc3ccccc3)cc2CCN1C(=O)Cc1cccc(Cl)c1)C(C)C. The topological polar surface area (TPSA) is 49.9 Å². The Morgan fingerprint density at radius 1 is 0.950 bits per heavy atom. The number of halogens is 1. The molecule has 1 aliphatic heterocycles. The van der Waals surface area contributed by atoms with Crippen molar-refractivity contribution in [2.75, 3.05) is 13.1 Å². The molecular weight excluding hydrogens is 520 g/mol. The third-order valence-electron chi connectivity index (χ3n) is 7.63. The summed E-state index contributed by atoms with van der Waals surface area (Å²) in [5.41, 5.74) is 3.93. The van der Waals surface area contributed by atoms with Gasteiger partial charge in [-0.05, 0) is 93.6 Å². The number of carbonyl (C=O) groups excluding carboxylic acids is 2. The van der Waals surface area contributed by atoms with Crippen LogP contribution in [0, 0.1) is 0 Å². The maximum atomic E-state index is 13.8. The van der Waals surface area contributed by atoms with E-state index in [4.69, 9.17) is 16.3 Å². The van der Waals surface area contributed by atoms with E-state index in [1.807, 2.05) is 66.7 Å². The van der Waals surface area contributed by atoms with Gasteiger partial charge in [0.25, 0.3) is 0 Å². The van der Waals surface area contributed by atoms with Crippen LogP contribution >= 0.6 is 11.6 Å². The molecule has 1 amide bonds. The fourth-order valence-electron chi connectivity index (χ4n) is 5.66. The first kappa shape index (κ1) is 29.8. The van der Waals surface area contributed by atoms with Gasteiger partial charge in [-0.15, -0.1) is 0 Å². The van der Waals surface area contributed by atoms with Crippen molar-refractivity contribution in [2.24, 2.45) is 0 Å². The number of carbonyl (C=O) groups is 2. The smallest absolute Gasteiger partial charge is 0.227 e. The molecule has 0 saturated heterocycles. The van der Waals surface area contributed by atoms with Crippen LogP contribution < -0.4 is 4.74 Å². The highest BCUT2D eigenvalue weighted by atomic mass is 35.5. The van der Waals surface area contributed by atoms with Gasteiger partial charge in [0.2, 0.25) is 5.91 Å². The molecule has 212 valence electrons. The van der Waals surface area contributed by atoms with Gasteiger partial charge in [-0.3, -0.25) is 14.5 Å². The molecule has 3 aromatic carbocycles. The van der Waals surface area contributed by atoms with Gasteiger partial charge in [0.1, 0.15) is 18.4 Å². The maximum absolute atomic E-state index is 13.8. The number of benzene rings is 3. The van der Waals surface area contributed by atoms with Crippen LogP contribution in [0.1, 0.15) is 68.8 Å². The Kier molecular flexibility index (Phi) is 10.4. The van der Waals surface area contributed by atoms with Crippen molar-refractivity contribution in [3.05, 3.63) is 100 Å². The van der Waals surface area contributed by atoms with Gasteiger partial charge in [-0.2, -0.15) is 0 Å². The molecule has 1 unspecified atom stereocenters. The van der Waals surface area contributed by atoms with Crippen molar-refractivity contribution in [1.29, 1.82) is 0 Å². The normalized spacial score (nSPS) is 15.0. The molecule has 1 aliphatic rings. The molecule has 40 heavy (non-hydrogen) atoms. The number of hydrogen-bond donors (Lipinski definition) is 0. The van der Waals surface area contributed by atoms with Gasteiger partial charge in [-0.25, -0.2) is 0 Å². The van der Waals surface area contributed by atoms with Crippen LogP contribution in [0.4, 0.5) is 0 Å². The first-order valence-electron chi connectivity index (χ1n) is 14.3. The number of Topliss-reactive ketones (excluding diaryl/α,β-unsaturated/α-hetero) is 1. The third-order valence-corrected chi connectivity index (χ3v) is 7.86. The zero-order valence-corrected chi connectivity index (χ0v) is 24.9. The summed E-state index contributed by atoms with van der Waals surface area (Å²) in [4.78, 5) is 31.6. The summed E-state index contributed by atoms with van der Waals surface area (Å²) in [6.07, 6.45) is 2.08. The van der Waals surface area contributed by atoms with E-state index in [1.165, 1.54) is 0 Å². The van der Waals surface area contributed by atoms with Crippen molar-refractivity contribution in [1.82, 2.24) is 9.80 Å². The molecule has 5 nitrogen and oxygen atoms in total. The summed E-state index contributed by atoms with van der Waals surface area (Å²) in [7, 11) is 0. The van der Waals surface area contributed by atoms with Crippen LogP contribution in [0.25, 0.3) is 0 Å². The van der Waals surface area contributed by atoms with Crippen molar-refractivity contribution >= 4 is 23.3 Å². The second kappa shape index (κ2) is 14.0. The van der Waals surface area contributed by atoms with E-state index in [-0.39, 0.29) is 18.1 Å². The van der Waals surface area contributed by atoms with E-state index in [2.05, 4.69) is 32.6 Å². The molecule has 6 heteroatoms. The molecule has 0 bridgehead atoms. The molecule has 4 rings (SSSR count). The van der Waals surface area contributed by atoms with Crippen LogP contribution in [-0.2, 0) is 29.0 Å². The standard InChI is InChI=1S/C34H41ClN2O3/c1-24(2)36(25(3)4)18-9-14-32(38)34-31-16-15-30(40-23-26-10-6-5-7-11-26)22-28(31)17-19-37(34)33(39)21-27-12-8-13-29(35)20-27/h5-8,10-13,15-16,20,22,24-25,34H,9,14,17-19,21,23H2,1-4H3. The molecule has 0 fully saturated rings. The molecule has 0 aliphatic carbocycles. The van der Waals surface area contributed by atoms with E-state index in [0.717, 1.165) is 41.0 Å². The zero-order chi connectivity index (χ0) is 28.6. The molecular formula is C34H41ClN2O3. The number of ketones is 1. The lowest BCUT2D eigenvalue weighted by Crippen LogP contribution is -2.44. The molecule has 0 aromatic heterocycles. The molecule has 0 spiro atoms. The number of nitrogens with zero attached hydrogens (tertiary/aromatic N) is 2. The number of amides is 1. The van der Waals surface area contributed by atoms with E-state index in [1.54, 1.807) is 11.0 Å². The Bertz CT molecular complexity index is 1280. The van der Waals surface area contributed by atoms with Gasteiger partial charge in [-0.1, -0.05) is 60.1 Å². The quantitative estimate of drug-likeness (QED) is 0.238. The highest BCUT2D eigenvalue weighted by Gasteiger charge is 2.35. The predicted molar refractivity (Wildman–Crippen MR) is 162 cm³/mol. The molecule has 1 heterocycles. The Morgan fingerprint density at radius 2 is 1.68 bits per heavy atom. The van der Waals surface area contributed by atoms with Crippen LogP contribution in [0.5, 0.6) is 5.75 Å². The average molecular weight is 561 g/mol. The predicted octanol–water partition coefficient (Wildman–Crippen LogP) is 7.06. The number of rotatable bonds is 12. The third kappa shape index (κ3) is 7.74. The van der Waals surface area contributed by atoms with Gasteiger partial charge in [0.05, 0.1) is 6.42 Å². The lowest BCUT2D eigenvalue weighted by Gasteiger charge is -2.37. The van der Waals surface area contributed by atoms with E-state index < -0.39 is 6.04 Å². The van der Waals surface area contributed by atoms with E-state index in [9.17, 15) is 9.59 Å². The van der Waals surface area contributed by atoms with Gasteiger partial charge >= 0.3 is 0 Å². The Hall–Kier alpha value is -3.15. The summed E-state index contributed by atoms with van der Waals surface area (Å²) >= 11 is 6.17. The Morgan fingerprint density at radius 3 is 2.38 bits per heavy atom. The second-order valence-electron chi connectivity index (χ2n) is 11.2. The first-order valence-corrected chi connectivity index (χ1v) is 14.7. The fraction of sp³-hybridized carbons (Fsp3) is 0.412. The van der Waals surface area contributed by atoms with E-state index in [0.29, 0.717) is 43.1 Å². The minimum atomic E-state index is -0.592. The van der Waals surface area contributed by atoms with Crippen LogP contribution in [0.2, 0.25) is 5.02 Å². The summed E-state index contributed by atoms with van der Waals surface area (Å²) in [6, 6.07) is 23.6. The van der Waals surface area contributed by atoms with E-state index >= 15 is 0 Å².